The molecule has 0 unspecified atom stereocenters. The lowest BCUT2D eigenvalue weighted by molar-refractivity contribution is 0.101. The number of anilines is 1. The zero-order valence-corrected chi connectivity index (χ0v) is 11.8. The first-order valence-corrected chi connectivity index (χ1v) is 6.75. The number of amides is 1. The van der Waals surface area contributed by atoms with Gasteiger partial charge in [-0.15, -0.1) is 0 Å². The van der Waals surface area contributed by atoms with Crippen molar-refractivity contribution in [3.63, 3.8) is 0 Å². The first kappa shape index (κ1) is 14.3. The summed E-state index contributed by atoms with van der Waals surface area (Å²) in [5, 5.41) is 0. The van der Waals surface area contributed by atoms with Crippen molar-refractivity contribution in [2.24, 2.45) is 0 Å². The molecule has 2 rings (SSSR count). The Balaban J connectivity index is 1.98. The number of Topliss-reactive ketones (excluding diaryl/α,β-unsaturated/α-hetero) is 1. The van der Waals surface area contributed by atoms with E-state index in [-0.39, 0.29) is 11.9 Å². The van der Waals surface area contributed by atoms with Gasteiger partial charge in [-0.1, -0.05) is 0 Å². The Morgan fingerprint density at radius 3 is 2.60 bits per heavy atom. The number of ketones is 1. The summed E-state index contributed by atoms with van der Waals surface area (Å²) in [7, 11) is 0. The van der Waals surface area contributed by atoms with Crippen LogP contribution in [0.3, 0.4) is 0 Å². The molecule has 0 bridgehead atoms. The molecule has 0 N–H and O–H groups in total. The predicted molar refractivity (Wildman–Crippen MR) is 75.0 cm³/mol. The van der Waals surface area contributed by atoms with Crippen LogP contribution in [0, 0.1) is 0 Å². The monoisotopic (exact) mass is 277 g/mol. The van der Waals surface area contributed by atoms with Gasteiger partial charge >= 0.3 is 6.09 Å². The molecule has 6 nitrogen and oxygen atoms in total. The quantitative estimate of drug-likeness (QED) is 0.785. The molecule has 20 heavy (non-hydrogen) atoms. The zero-order chi connectivity index (χ0) is 14.5. The van der Waals surface area contributed by atoms with Crippen LogP contribution in [0.1, 0.15) is 24.2 Å². The predicted octanol–water partition coefficient (Wildman–Crippen LogP) is 1.56. The molecule has 1 aromatic rings. The average Bonchev–Trinajstić information content (AvgIpc) is 2.48. The standard InChI is InChI=1S/C14H19N3O3/c1-3-20-14(19)17-8-6-16(7-9-17)13-10-12(11(2)18)4-5-15-13/h4-5,10H,3,6-9H2,1-2H3. The van der Waals surface area contributed by atoms with E-state index >= 15 is 0 Å². The van der Waals surface area contributed by atoms with Gasteiger partial charge in [0.1, 0.15) is 5.82 Å². The zero-order valence-electron chi connectivity index (χ0n) is 11.8. The molecular formula is C14H19N3O3. The second-order valence-electron chi connectivity index (χ2n) is 4.63. The van der Waals surface area contributed by atoms with E-state index < -0.39 is 0 Å². The summed E-state index contributed by atoms with van der Waals surface area (Å²) in [6.45, 7) is 6.31. The normalized spacial score (nSPS) is 15.1. The van der Waals surface area contributed by atoms with Crippen molar-refractivity contribution in [2.45, 2.75) is 13.8 Å². The van der Waals surface area contributed by atoms with E-state index in [9.17, 15) is 9.59 Å². The van der Waals surface area contributed by atoms with Gasteiger partial charge in [0, 0.05) is 37.9 Å². The van der Waals surface area contributed by atoms with Gasteiger partial charge in [0.2, 0.25) is 0 Å². The third kappa shape index (κ3) is 3.26. The Bertz CT molecular complexity index is 496. The fraction of sp³-hybridized carbons (Fsp3) is 0.500. The van der Waals surface area contributed by atoms with E-state index in [0.29, 0.717) is 38.3 Å². The molecular weight excluding hydrogens is 258 g/mol. The summed E-state index contributed by atoms with van der Waals surface area (Å²) < 4.78 is 4.98. The Morgan fingerprint density at radius 1 is 1.30 bits per heavy atom. The molecule has 108 valence electrons. The SMILES string of the molecule is CCOC(=O)N1CCN(c2cc(C(C)=O)ccn2)CC1. The van der Waals surface area contributed by atoms with Crippen molar-refractivity contribution < 1.29 is 14.3 Å². The Kier molecular flexibility index (Phi) is 4.55. The molecule has 2 heterocycles. The number of hydrogen-bond donors (Lipinski definition) is 0. The minimum absolute atomic E-state index is 0.0267. The summed E-state index contributed by atoms with van der Waals surface area (Å²) in [6.07, 6.45) is 1.38. The van der Waals surface area contributed by atoms with Crippen molar-refractivity contribution in [2.75, 3.05) is 37.7 Å². The maximum Gasteiger partial charge on any atom is 0.409 e. The Labute approximate surface area is 118 Å². The van der Waals surface area contributed by atoms with Crippen molar-refractivity contribution >= 4 is 17.7 Å². The van der Waals surface area contributed by atoms with E-state index in [1.165, 1.54) is 6.92 Å². The maximum atomic E-state index is 11.6. The van der Waals surface area contributed by atoms with E-state index in [1.807, 2.05) is 0 Å². The fourth-order valence-electron chi connectivity index (χ4n) is 2.14. The number of carbonyl (C=O) groups is 2. The third-order valence-electron chi connectivity index (χ3n) is 3.28. The number of nitrogens with zero attached hydrogens (tertiary/aromatic N) is 3. The van der Waals surface area contributed by atoms with E-state index in [0.717, 1.165) is 5.82 Å². The molecule has 0 atom stereocenters. The number of ether oxygens (including phenoxy) is 1. The largest absolute Gasteiger partial charge is 0.450 e. The first-order valence-electron chi connectivity index (χ1n) is 6.75. The van der Waals surface area contributed by atoms with Gasteiger partial charge in [0.25, 0.3) is 0 Å². The van der Waals surface area contributed by atoms with Gasteiger partial charge in [0.15, 0.2) is 5.78 Å². The molecule has 0 radical (unpaired) electrons. The smallest absolute Gasteiger partial charge is 0.409 e. The molecule has 0 aromatic carbocycles. The topological polar surface area (TPSA) is 62.7 Å². The second kappa shape index (κ2) is 6.36. The van der Waals surface area contributed by atoms with Crippen LogP contribution in [-0.2, 0) is 4.74 Å². The van der Waals surface area contributed by atoms with Crippen LogP contribution in [-0.4, -0.2) is 54.5 Å². The summed E-state index contributed by atoms with van der Waals surface area (Å²) >= 11 is 0. The number of rotatable bonds is 3. The highest BCUT2D eigenvalue weighted by molar-refractivity contribution is 5.94. The minimum atomic E-state index is -0.266. The van der Waals surface area contributed by atoms with Crippen molar-refractivity contribution in [1.82, 2.24) is 9.88 Å². The number of aromatic nitrogens is 1. The molecule has 1 fully saturated rings. The van der Waals surface area contributed by atoms with Gasteiger partial charge in [-0.25, -0.2) is 9.78 Å². The average molecular weight is 277 g/mol. The molecule has 1 aromatic heterocycles. The number of piperazine rings is 1. The lowest BCUT2D eigenvalue weighted by Gasteiger charge is -2.34. The molecule has 0 aliphatic carbocycles. The van der Waals surface area contributed by atoms with E-state index in [1.54, 1.807) is 30.2 Å². The highest BCUT2D eigenvalue weighted by Gasteiger charge is 2.22. The van der Waals surface area contributed by atoms with E-state index in [2.05, 4.69) is 9.88 Å². The third-order valence-corrected chi connectivity index (χ3v) is 3.28. The van der Waals surface area contributed by atoms with Gasteiger partial charge in [-0.05, 0) is 26.0 Å². The molecule has 1 saturated heterocycles. The Morgan fingerprint density at radius 2 is 2.00 bits per heavy atom. The van der Waals surface area contributed by atoms with Crippen LogP contribution >= 0.6 is 0 Å². The highest BCUT2D eigenvalue weighted by Crippen LogP contribution is 2.15. The van der Waals surface area contributed by atoms with Gasteiger partial charge in [-0.2, -0.15) is 0 Å². The van der Waals surface area contributed by atoms with Crippen LogP contribution in [0.4, 0.5) is 10.6 Å². The molecule has 1 aliphatic heterocycles. The number of hydrogen-bond acceptors (Lipinski definition) is 5. The summed E-state index contributed by atoms with van der Waals surface area (Å²) in [4.78, 5) is 31.0. The maximum absolute atomic E-state index is 11.6. The summed E-state index contributed by atoms with van der Waals surface area (Å²) in [5.74, 6) is 0.806. The van der Waals surface area contributed by atoms with Gasteiger partial charge in [0.05, 0.1) is 6.61 Å². The molecule has 6 heteroatoms. The molecule has 0 saturated carbocycles. The molecule has 1 amide bonds. The van der Waals surface area contributed by atoms with E-state index in [4.69, 9.17) is 4.74 Å². The second-order valence-corrected chi connectivity index (χ2v) is 4.63. The van der Waals surface area contributed by atoms with Gasteiger partial charge in [-0.3, -0.25) is 4.79 Å². The molecule has 0 spiro atoms. The van der Waals surface area contributed by atoms with Crippen LogP contribution in [0.2, 0.25) is 0 Å². The number of pyridine rings is 1. The van der Waals surface area contributed by atoms with Crippen LogP contribution in [0.25, 0.3) is 0 Å². The van der Waals surface area contributed by atoms with Crippen LogP contribution in [0.15, 0.2) is 18.3 Å². The van der Waals surface area contributed by atoms with Crippen molar-refractivity contribution in [3.05, 3.63) is 23.9 Å². The Hall–Kier alpha value is -2.11. The van der Waals surface area contributed by atoms with Crippen LogP contribution in [0.5, 0.6) is 0 Å². The summed E-state index contributed by atoms with van der Waals surface area (Å²) in [6, 6.07) is 3.50. The summed E-state index contributed by atoms with van der Waals surface area (Å²) in [5.41, 5.74) is 0.655. The number of carbonyl (C=O) groups excluding carboxylic acids is 2. The lowest BCUT2D eigenvalue weighted by atomic mass is 10.2. The van der Waals surface area contributed by atoms with Crippen molar-refractivity contribution in [1.29, 1.82) is 0 Å². The minimum Gasteiger partial charge on any atom is -0.450 e. The fourth-order valence-corrected chi connectivity index (χ4v) is 2.14. The lowest BCUT2D eigenvalue weighted by Crippen LogP contribution is -2.49. The van der Waals surface area contributed by atoms with Crippen molar-refractivity contribution in [3.8, 4) is 0 Å². The van der Waals surface area contributed by atoms with Gasteiger partial charge < -0.3 is 14.5 Å². The molecule has 1 aliphatic rings. The highest BCUT2D eigenvalue weighted by atomic mass is 16.6. The van der Waals surface area contributed by atoms with Crippen LogP contribution < -0.4 is 4.90 Å². The first-order chi connectivity index (χ1) is 9.61.